The number of hydrogen-bond acceptors (Lipinski definition) is 4. The molecule has 1 atom stereocenters. The van der Waals surface area contributed by atoms with Crippen molar-refractivity contribution in [3.8, 4) is 0 Å². The Morgan fingerprint density at radius 3 is 2.52 bits per heavy atom. The molecule has 1 heterocycles. The molecule has 1 aromatic heterocycles. The normalized spacial score (nSPS) is 13.4. The fraction of sp³-hybridized carbons (Fsp3) is 0.211. The lowest BCUT2D eigenvalue weighted by molar-refractivity contribution is -0.137. The third-order valence-corrected chi connectivity index (χ3v) is 5.54. The van der Waals surface area contributed by atoms with E-state index in [1.165, 1.54) is 0 Å². The van der Waals surface area contributed by atoms with E-state index >= 15 is 0 Å². The van der Waals surface area contributed by atoms with Gasteiger partial charge in [0.15, 0.2) is 0 Å². The Labute approximate surface area is 164 Å². The van der Waals surface area contributed by atoms with Gasteiger partial charge in [-0.15, -0.1) is 0 Å². The van der Waals surface area contributed by atoms with E-state index in [-0.39, 0.29) is 0 Å². The molecule has 0 saturated heterocycles. The van der Waals surface area contributed by atoms with E-state index in [9.17, 15) is 26.4 Å². The lowest BCUT2D eigenvalue weighted by atomic mass is 10.2. The summed E-state index contributed by atoms with van der Waals surface area (Å²) in [6.45, 7) is 1.03. The molecule has 0 fully saturated rings. The Morgan fingerprint density at radius 2 is 1.83 bits per heavy atom. The average Bonchev–Trinajstić information content (AvgIpc) is 3.10. The number of carbonyl (C=O) groups is 1. The summed E-state index contributed by atoms with van der Waals surface area (Å²) in [4.78, 5) is 11.5. The molecule has 1 amide bonds. The zero-order chi connectivity index (χ0) is 21.2. The molecule has 1 unspecified atom stereocenters. The first kappa shape index (κ1) is 20.9. The minimum Gasteiger partial charge on any atom is -0.459 e. The maximum atomic E-state index is 12.8. The van der Waals surface area contributed by atoms with Gasteiger partial charge in [-0.3, -0.25) is 4.79 Å². The van der Waals surface area contributed by atoms with Crippen LogP contribution >= 0.6 is 0 Å². The summed E-state index contributed by atoms with van der Waals surface area (Å²) in [5.74, 6) is -0.172. The summed E-state index contributed by atoms with van der Waals surface area (Å²) < 4.78 is 70.3. The molecule has 10 heteroatoms. The zero-order valence-electron chi connectivity index (χ0n) is 15.2. The molecule has 0 saturated carbocycles. The van der Waals surface area contributed by atoms with Crippen LogP contribution in [0.15, 0.2) is 63.9 Å². The fourth-order valence-electron chi connectivity index (χ4n) is 2.66. The molecule has 2 N–H and O–H groups in total. The van der Waals surface area contributed by atoms with Crippen LogP contribution in [0.1, 0.15) is 24.3 Å². The van der Waals surface area contributed by atoms with Gasteiger partial charge in [0.05, 0.1) is 23.0 Å². The molecule has 0 aliphatic heterocycles. The largest absolute Gasteiger partial charge is 0.459 e. The van der Waals surface area contributed by atoms with Crippen LogP contribution in [0, 0.1) is 0 Å². The number of benzene rings is 2. The van der Waals surface area contributed by atoms with Gasteiger partial charge in [0.25, 0.3) is 0 Å². The number of alkyl halides is 3. The highest BCUT2D eigenvalue weighted by molar-refractivity contribution is 7.89. The molecule has 154 valence electrons. The van der Waals surface area contributed by atoms with Crippen LogP contribution in [-0.2, 0) is 21.0 Å². The standard InChI is InChI=1S/C19H17F3N2O4S/c1-12(17-9-13-5-2-3-8-16(13)28-17)24-18(25)11-23-29(26,27)15-7-4-6-14(10-15)19(20,21)22/h2-10,12,23H,11H2,1H3,(H,24,25). The smallest absolute Gasteiger partial charge is 0.416 e. The SMILES string of the molecule is CC(NC(=O)CNS(=O)(=O)c1cccc(C(F)(F)F)c1)c1cc2ccccc2o1. The Bertz CT molecular complexity index is 1110. The average molecular weight is 426 g/mol. The van der Waals surface area contributed by atoms with Crippen LogP contribution in [0.2, 0.25) is 0 Å². The number of rotatable bonds is 6. The number of sulfonamides is 1. The summed E-state index contributed by atoms with van der Waals surface area (Å²) in [6.07, 6.45) is -4.68. The van der Waals surface area contributed by atoms with Gasteiger partial charge in [-0.1, -0.05) is 24.3 Å². The number of para-hydroxylation sites is 1. The van der Waals surface area contributed by atoms with Crippen molar-refractivity contribution < 1.29 is 30.8 Å². The highest BCUT2D eigenvalue weighted by Crippen LogP contribution is 2.30. The highest BCUT2D eigenvalue weighted by Gasteiger charge is 2.31. The monoisotopic (exact) mass is 426 g/mol. The van der Waals surface area contributed by atoms with Crippen LogP contribution in [0.4, 0.5) is 13.2 Å². The van der Waals surface area contributed by atoms with Gasteiger partial charge in [-0.2, -0.15) is 13.2 Å². The van der Waals surface area contributed by atoms with E-state index in [0.717, 1.165) is 23.6 Å². The topological polar surface area (TPSA) is 88.4 Å². The highest BCUT2D eigenvalue weighted by atomic mass is 32.2. The van der Waals surface area contributed by atoms with Crippen molar-refractivity contribution in [3.63, 3.8) is 0 Å². The van der Waals surface area contributed by atoms with E-state index in [4.69, 9.17) is 4.42 Å². The first-order chi connectivity index (χ1) is 13.6. The van der Waals surface area contributed by atoms with Crippen LogP contribution < -0.4 is 10.0 Å². The number of amides is 1. The number of carbonyl (C=O) groups excluding carboxylic acids is 1. The molecule has 0 bridgehead atoms. The van der Waals surface area contributed by atoms with E-state index in [0.29, 0.717) is 17.4 Å². The molecular weight excluding hydrogens is 409 g/mol. The minimum absolute atomic E-state index is 0.486. The predicted octanol–water partition coefficient (Wildman–Crippen LogP) is 3.61. The molecule has 6 nitrogen and oxygen atoms in total. The number of fused-ring (bicyclic) bond motifs is 1. The summed E-state index contributed by atoms with van der Waals surface area (Å²) in [7, 11) is -4.29. The van der Waals surface area contributed by atoms with Crippen molar-refractivity contribution in [3.05, 3.63) is 65.9 Å². The maximum absolute atomic E-state index is 12.8. The molecular formula is C19H17F3N2O4S. The summed E-state index contributed by atoms with van der Waals surface area (Å²) in [6, 6.07) is 11.8. The molecule has 29 heavy (non-hydrogen) atoms. The fourth-order valence-corrected chi connectivity index (χ4v) is 3.69. The van der Waals surface area contributed by atoms with Gasteiger partial charge in [0, 0.05) is 5.39 Å². The van der Waals surface area contributed by atoms with Crippen LogP contribution in [0.25, 0.3) is 11.0 Å². The minimum atomic E-state index is -4.68. The van der Waals surface area contributed by atoms with Gasteiger partial charge in [0.1, 0.15) is 11.3 Å². The molecule has 0 aliphatic rings. The lowest BCUT2D eigenvalue weighted by Crippen LogP contribution is -2.38. The first-order valence-electron chi connectivity index (χ1n) is 8.51. The molecule has 0 spiro atoms. The van der Waals surface area contributed by atoms with Gasteiger partial charge in [-0.05, 0) is 37.3 Å². The van der Waals surface area contributed by atoms with Crippen molar-refractivity contribution in [2.45, 2.75) is 24.0 Å². The second-order valence-electron chi connectivity index (χ2n) is 6.33. The van der Waals surface area contributed by atoms with E-state index in [1.807, 2.05) is 16.9 Å². The summed E-state index contributed by atoms with van der Waals surface area (Å²) >= 11 is 0. The summed E-state index contributed by atoms with van der Waals surface area (Å²) in [5, 5.41) is 3.43. The van der Waals surface area contributed by atoms with Gasteiger partial charge >= 0.3 is 6.18 Å². The predicted molar refractivity (Wildman–Crippen MR) is 99.4 cm³/mol. The van der Waals surface area contributed by atoms with E-state index in [1.54, 1.807) is 25.1 Å². The second kappa shape index (κ2) is 7.88. The third kappa shape index (κ3) is 4.96. The lowest BCUT2D eigenvalue weighted by Gasteiger charge is -2.13. The first-order valence-corrected chi connectivity index (χ1v) is 9.99. The Morgan fingerprint density at radius 1 is 1.10 bits per heavy atom. The quantitative estimate of drug-likeness (QED) is 0.630. The molecule has 3 rings (SSSR count). The Balaban J connectivity index is 1.63. The number of nitrogens with one attached hydrogen (secondary N) is 2. The van der Waals surface area contributed by atoms with Crippen molar-refractivity contribution in [2.75, 3.05) is 6.54 Å². The maximum Gasteiger partial charge on any atom is 0.416 e. The van der Waals surface area contributed by atoms with Crippen molar-refractivity contribution >= 4 is 26.9 Å². The van der Waals surface area contributed by atoms with E-state index in [2.05, 4.69) is 5.32 Å². The molecule has 3 aromatic rings. The van der Waals surface area contributed by atoms with Crippen molar-refractivity contribution in [1.82, 2.24) is 10.0 Å². The number of halogens is 3. The Hall–Kier alpha value is -2.85. The van der Waals surface area contributed by atoms with Crippen molar-refractivity contribution in [2.24, 2.45) is 0 Å². The van der Waals surface area contributed by atoms with E-state index < -0.39 is 45.2 Å². The molecule has 2 aromatic carbocycles. The van der Waals surface area contributed by atoms with Crippen LogP contribution in [-0.4, -0.2) is 20.9 Å². The van der Waals surface area contributed by atoms with Gasteiger partial charge in [-0.25, -0.2) is 13.1 Å². The van der Waals surface area contributed by atoms with Gasteiger partial charge < -0.3 is 9.73 Å². The van der Waals surface area contributed by atoms with Crippen LogP contribution in [0.3, 0.4) is 0 Å². The van der Waals surface area contributed by atoms with Crippen LogP contribution in [0.5, 0.6) is 0 Å². The third-order valence-electron chi connectivity index (χ3n) is 4.14. The molecule has 0 aliphatic carbocycles. The number of furan rings is 1. The summed E-state index contributed by atoms with van der Waals surface area (Å²) in [5.41, 5.74) is -0.447. The van der Waals surface area contributed by atoms with Crippen molar-refractivity contribution in [1.29, 1.82) is 0 Å². The second-order valence-corrected chi connectivity index (χ2v) is 8.09. The van der Waals surface area contributed by atoms with Gasteiger partial charge in [0.2, 0.25) is 15.9 Å². The Kier molecular flexibility index (Phi) is 5.67. The zero-order valence-corrected chi connectivity index (χ0v) is 16.0. The number of hydrogen-bond donors (Lipinski definition) is 2. The molecule has 0 radical (unpaired) electrons.